The van der Waals surface area contributed by atoms with Gasteiger partial charge >= 0.3 is 5.97 Å². The molecule has 0 heterocycles. The van der Waals surface area contributed by atoms with Gasteiger partial charge in [-0.2, -0.15) is 0 Å². The Labute approximate surface area is 169 Å². The van der Waals surface area contributed by atoms with Crippen LogP contribution >= 0.6 is 11.6 Å². The molecule has 0 aliphatic carbocycles. The third kappa shape index (κ3) is 6.39. The Kier molecular flexibility index (Phi) is 8.02. The second kappa shape index (κ2) is 10.5. The average molecular weight is 403 g/mol. The van der Waals surface area contributed by atoms with Crippen molar-refractivity contribution < 1.29 is 19.1 Å². The number of halogens is 1. The molecule has 7 heteroatoms. The Morgan fingerprint density at radius 1 is 1.00 bits per heavy atom. The van der Waals surface area contributed by atoms with Crippen LogP contribution in [0.3, 0.4) is 0 Å². The van der Waals surface area contributed by atoms with Gasteiger partial charge in [0.25, 0.3) is 11.8 Å². The summed E-state index contributed by atoms with van der Waals surface area (Å²) in [6.07, 6.45) is 0. The molecular weight excluding hydrogens is 380 g/mol. The van der Waals surface area contributed by atoms with Gasteiger partial charge in [0.2, 0.25) is 0 Å². The highest BCUT2D eigenvalue weighted by molar-refractivity contribution is 6.33. The minimum Gasteiger partial charge on any atom is -0.454 e. The van der Waals surface area contributed by atoms with E-state index in [0.717, 1.165) is 5.56 Å². The summed E-state index contributed by atoms with van der Waals surface area (Å²) in [5.74, 6) is -1.46. The predicted molar refractivity (Wildman–Crippen MR) is 107 cm³/mol. The van der Waals surface area contributed by atoms with Crippen LogP contribution in [0.1, 0.15) is 35.7 Å². The lowest BCUT2D eigenvalue weighted by molar-refractivity contribution is -0.150. The van der Waals surface area contributed by atoms with E-state index in [1.54, 1.807) is 24.3 Å². The monoisotopic (exact) mass is 402 g/mol. The van der Waals surface area contributed by atoms with Gasteiger partial charge in [0.1, 0.15) is 6.04 Å². The lowest BCUT2D eigenvalue weighted by atomic mass is 10.0. The maximum atomic E-state index is 12.1. The molecular formula is C21H23ClN2O4. The van der Waals surface area contributed by atoms with E-state index in [1.807, 2.05) is 37.3 Å². The molecule has 0 aromatic heterocycles. The Bertz CT molecular complexity index is 826. The van der Waals surface area contributed by atoms with Crippen LogP contribution in [0.25, 0.3) is 0 Å². The minimum atomic E-state index is -0.917. The summed E-state index contributed by atoms with van der Waals surface area (Å²) in [5, 5.41) is 5.52. The molecule has 0 aliphatic heterocycles. The Morgan fingerprint density at radius 3 is 2.32 bits per heavy atom. The van der Waals surface area contributed by atoms with E-state index in [4.69, 9.17) is 16.3 Å². The van der Waals surface area contributed by atoms with Crippen molar-refractivity contribution in [1.82, 2.24) is 10.6 Å². The van der Waals surface area contributed by atoms with Crippen LogP contribution in [0, 0.1) is 0 Å². The first-order valence-electron chi connectivity index (χ1n) is 8.92. The normalized spacial score (nSPS) is 12.5. The predicted octanol–water partition coefficient (Wildman–Crippen LogP) is 2.92. The molecule has 0 saturated carbocycles. The van der Waals surface area contributed by atoms with Crippen LogP contribution in [-0.2, 0) is 14.3 Å². The highest BCUT2D eigenvalue weighted by atomic mass is 35.5. The SMILES string of the molecule is C[C@H](NC(=O)c1ccccc1Cl)C(=O)OCC(=O)NC[C@@H](C)c1ccccc1. The summed E-state index contributed by atoms with van der Waals surface area (Å²) < 4.78 is 4.97. The van der Waals surface area contributed by atoms with Crippen molar-refractivity contribution in [3.63, 3.8) is 0 Å². The van der Waals surface area contributed by atoms with Gasteiger partial charge in [0.05, 0.1) is 10.6 Å². The number of carbonyl (C=O) groups excluding carboxylic acids is 3. The first-order valence-corrected chi connectivity index (χ1v) is 9.30. The smallest absolute Gasteiger partial charge is 0.328 e. The maximum absolute atomic E-state index is 12.1. The van der Waals surface area contributed by atoms with Gasteiger partial charge in [0.15, 0.2) is 6.61 Å². The van der Waals surface area contributed by atoms with Gasteiger partial charge in [-0.1, -0.05) is 61.0 Å². The van der Waals surface area contributed by atoms with Gasteiger partial charge < -0.3 is 15.4 Å². The van der Waals surface area contributed by atoms with Crippen LogP contribution in [0.4, 0.5) is 0 Å². The molecule has 0 bridgehead atoms. The van der Waals surface area contributed by atoms with Gasteiger partial charge in [0, 0.05) is 6.54 Å². The third-order valence-corrected chi connectivity index (χ3v) is 4.47. The molecule has 0 aliphatic rings. The van der Waals surface area contributed by atoms with E-state index in [-0.39, 0.29) is 16.5 Å². The third-order valence-electron chi connectivity index (χ3n) is 4.14. The van der Waals surface area contributed by atoms with Crippen molar-refractivity contribution in [2.75, 3.05) is 13.2 Å². The number of carbonyl (C=O) groups is 3. The van der Waals surface area contributed by atoms with Crippen LogP contribution in [0.2, 0.25) is 5.02 Å². The molecule has 0 radical (unpaired) electrons. The topological polar surface area (TPSA) is 84.5 Å². The average Bonchev–Trinajstić information content (AvgIpc) is 2.70. The molecule has 2 N–H and O–H groups in total. The molecule has 2 atom stereocenters. The number of amides is 2. The largest absolute Gasteiger partial charge is 0.454 e. The lowest BCUT2D eigenvalue weighted by Crippen LogP contribution is -2.41. The highest BCUT2D eigenvalue weighted by Gasteiger charge is 2.20. The molecule has 28 heavy (non-hydrogen) atoms. The van der Waals surface area contributed by atoms with Crippen LogP contribution < -0.4 is 10.6 Å². The second-order valence-electron chi connectivity index (χ2n) is 6.40. The van der Waals surface area contributed by atoms with Crippen molar-refractivity contribution >= 4 is 29.4 Å². The first kappa shape index (κ1) is 21.4. The number of ether oxygens (including phenoxy) is 1. The van der Waals surface area contributed by atoms with Crippen molar-refractivity contribution in [3.05, 3.63) is 70.7 Å². The Morgan fingerprint density at radius 2 is 1.64 bits per heavy atom. The second-order valence-corrected chi connectivity index (χ2v) is 6.81. The molecule has 6 nitrogen and oxygen atoms in total. The minimum absolute atomic E-state index is 0.134. The number of rotatable bonds is 8. The van der Waals surface area contributed by atoms with Crippen LogP contribution in [0.15, 0.2) is 54.6 Å². The first-order chi connectivity index (χ1) is 13.4. The Balaban J connectivity index is 1.74. The fourth-order valence-electron chi connectivity index (χ4n) is 2.46. The van der Waals surface area contributed by atoms with Crippen molar-refractivity contribution in [2.45, 2.75) is 25.8 Å². The van der Waals surface area contributed by atoms with Crippen LogP contribution in [-0.4, -0.2) is 37.0 Å². The number of hydrogen-bond donors (Lipinski definition) is 2. The summed E-state index contributed by atoms with van der Waals surface area (Å²) in [4.78, 5) is 36.1. The summed E-state index contributed by atoms with van der Waals surface area (Å²) in [5.41, 5.74) is 1.37. The van der Waals surface area contributed by atoms with E-state index in [0.29, 0.717) is 6.54 Å². The molecule has 2 aromatic carbocycles. The molecule has 0 saturated heterocycles. The van der Waals surface area contributed by atoms with Gasteiger partial charge in [-0.15, -0.1) is 0 Å². The molecule has 0 unspecified atom stereocenters. The van der Waals surface area contributed by atoms with E-state index >= 15 is 0 Å². The summed E-state index contributed by atoms with van der Waals surface area (Å²) >= 11 is 5.96. The maximum Gasteiger partial charge on any atom is 0.328 e. The molecule has 0 spiro atoms. The molecule has 0 fully saturated rings. The van der Waals surface area contributed by atoms with E-state index in [9.17, 15) is 14.4 Å². The Hall–Kier alpha value is -2.86. The number of benzene rings is 2. The number of nitrogens with one attached hydrogen (secondary N) is 2. The zero-order valence-corrected chi connectivity index (χ0v) is 16.5. The summed E-state index contributed by atoms with van der Waals surface area (Å²) in [7, 11) is 0. The van der Waals surface area contributed by atoms with E-state index in [2.05, 4.69) is 10.6 Å². The van der Waals surface area contributed by atoms with Crippen molar-refractivity contribution in [3.8, 4) is 0 Å². The van der Waals surface area contributed by atoms with E-state index in [1.165, 1.54) is 6.92 Å². The fourth-order valence-corrected chi connectivity index (χ4v) is 2.68. The summed E-state index contributed by atoms with van der Waals surface area (Å²) in [6, 6.07) is 15.4. The quantitative estimate of drug-likeness (QED) is 0.665. The lowest BCUT2D eigenvalue weighted by Gasteiger charge is -2.15. The zero-order chi connectivity index (χ0) is 20.5. The van der Waals surface area contributed by atoms with E-state index < -0.39 is 30.4 Å². The molecule has 2 aromatic rings. The summed E-state index contributed by atoms with van der Waals surface area (Å²) in [6.45, 7) is 3.49. The fraction of sp³-hybridized carbons (Fsp3) is 0.286. The molecule has 148 valence electrons. The van der Waals surface area contributed by atoms with Crippen LogP contribution in [0.5, 0.6) is 0 Å². The number of hydrogen-bond acceptors (Lipinski definition) is 4. The zero-order valence-electron chi connectivity index (χ0n) is 15.8. The number of esters is 1. The van der Waals surface area contributed by atoms with Gasteiger partial charge in [-0.3, -0.25) is 9.59 Å². The molecule has 2 amide bonds. The van der Waals surface area contributed by atoms with Crippen molar-refractivity contribution in [1.29, 1.82) is 0 Å². The highest BCUT2D eigenvalue weighted by Crippen LogP contribution is 2.15. The molecule has 2 rings (SSSR count). The van der Waals surface area contributed by atoms with Gasteiger partial charge in [-0.05, 0) is 30.5 Å². The standard InChI is InChI=1S/C21H23ClN2O4/c1-14(16-8-4-3-5-9-16)12-23-19(25)13-28-21(27)15(2)24-20(26)17-10-6-7-11-18(17)22/h3-11,14-15H,12-13H2,1-2H3,(H,23,25)(H,24,26)/t14-,15+/m1/s1. The van der Waals surface area contributed by atoms with Gasteiger partial charge in [-0.25, -0.2) is 4.79 Å². The van der Waals surface area contributed by atoms with Crippen molar-refractivity contribution in [2.24, 2.45) is 0 Å².